The first-order chi connectivity index (χ1) is 8.15. The summed E-state index contributed by atoms with van der Waals surface area (Å²) >= 11 is 3.32. The van der Waals surface area contributed by atoms with Crippen molar-refractivity contribution in [1.82, 2.24) is 9.97 Å². The molecule has 5 heteroatoms. The molecule has 2 rings (SSSR count). The molecule has 0 fully saturated rings. The van der Waals surface area contributed by atoms with Crippen LogP contribution in [0.4, 0.5) is 5.82 Å². The van der Waals surface area contributed by atoms with E-state index in [0.29, 0.717) is 12.2 Å². The highest BCUT2D eigenvalue weighted by molar-refractivity contribution is 9.10. The molecule has 3 N–H and O–H groups in total. The van der Waals surface area contributed by atoms with E-state index in [1.165, 1.54) is 0 Å². The fourth-order valence-electron chi connectivity index (χ4n) is 1.57. The van der Waals surface area contributed by atoms with Crippen molar-refractivity contribution in [3.05, 3.63) is 52.4 Å². The Hall–Kier alpha value is -1.46. The number of halogens is 1. The van der Waals surface area contributed by atoms with Gasteiger partial charge in [-0.15, -0.1) is 0 Å². The lowest BCUT2D eigenvalue weighted by Gasteiger charge is -2.11. The zero-order valence-corrected chi connectivity index (χ0v) is 10.6. The number of nitrogen functional groups attached to an aromatic ring is 1. The molecule has 0 aliphatic heterocycles. The Morgan fingerprint density at radius 3 is 2.88 bits per heavy atom. The topological polar surface area (TPSA) is 72.0 Å². The average molecular weight is 294 g/mol. The van der Waals surface area contributed by atoms with Gasteiger partial charge in [0, 0.05) is 35.0 Å². The zero-order valence-electron chi connectivity index (χ0n) is 9.05. The molecule has 0 saturated heterocycles. The molecule has 17 heavy (non-hydrogen) atoms. The fraction of sp³-hybridized carbons (Fsp3) is 0.167. The summed E-state index contributed by atoms with van der Waals surface area (Å²) in [5, 5.41) is 10.1. The van der Waals surface area contributed by atoms with Crippen LogP contribution in [-0.2, 0) is 6.42 Å². The van der Waals surface area contributed by atoms with Crippen LogP contribution in [-0.4, -0.2) is 15.1 Å². The van der Waals surface area contributed by atoms with E-state index in [2.05, 4.69) is 25.9 Å². The van der Waals surface area contributed by atoms with Crippen molar-refractivity contribution in [3.63, 3.8) is 0 Å². The SMILES string of the molecule is Nc1cc(CC(O)c2cncc(Br)c2)ccn1. The summed E-state index contributed by atoms with van der Waals surface area (Å²) in [6.07, 6.45) is 4.86. The minimum absolute atomic E-state index is 0.460. The maximum atomic E-state index is 10.1. The summed E-state index contributed by atoms with van der Waals surface area (Å²) < 4.78 is 0.850. The molecule has 0 aliphatic carbocycles. The fourth-order valence-corrected chi connectivity index (χ4v) is 1.96. The standard InChI is InChI=1S/C12H12BrN3O/c13-10-5-9(6-15-7-10)11(17)3-8-1-2-16-12(14)4-8/h1-2,4-7,11,17H,3H2,(H2,14,16). The van der Waals surface area contributed by atoms with E-state index in [4.69, 9.17) is 5.73 Å². The molecule has 0 radical (unpaired) electrons. The van der Waals surface area contributed by atoms with Crippen molar-refractivity contribution in [3.8, 4) is 0 Å². The van der Waals surface area contributed by atoms with Gasteiger partial charge >= 0.3 is 0 Å². The van der Waals surface area contributed by atoms with E-state index in [9.17, 15) is 5.11 Å². The summed E-state index contributed by atoms with van der Waals surface area (Å²) in [4.78, 5) is 7.93. The van der Waals surface area contributed by atoms with Crippen LogP contribution in [0.5, 0.6) is 0 Å². The first-order valence-electron chi connectivity index (χ1n) is 5.14. The number of rotatable bonds is 3. The predicted octanol–water partition coefficient (Wildman–Crippen LogP) is 2.10. The number of aliphatic hydroxyl groups is 1. The Morgan fingerprint density at radius 1 is 1.35 bits per heavy atom. The van der Waals surface area contributed by atoms with E-state index < -0.39 is 6.10 Å². The molecule has 0 spiro atoms. The number of hydrogen-bond acceptors (Lipinski definition) is 4. The van der Waals surface area contributed by atoms with Crippen LogP contribution < -0.4 is 5.73 Å². The number of aromatic nitrogens is 2. The predicted molar refractivity (Wildman–Crippen MR) is 69.3 cm³/mol. The van der Waals surface area contributed by atoms with Crippen molar-refractivity contribution in [2.24, 2.45) is 0 Å². The van der Waals surface area contributed by atoms with Gasteiger partial charge in [0.2, 0.25) is 0 Å². The summed E-state index contributed by atoms with van der Waals surface area (Å²) in [6.45, 7) is 0. The van der Waals surface area contributed by atoms with Crippen LogP contribution in [0.2, 0.25) is 0 Å². The zero-order chi connectivity index (χ0) is 12.3. The largest absolute Gasteiger partial charge is 0.388 e. The van der Waals surface area contributed by atoms with Crippen molar-refractivity contribution < 1.29 is 5.11 Å². The average Bonchev–Trinajstić information content (AvgIpc) is 2.29. The van der Waals surface area contributed by atoms with Crippen LogP contribution in [0.1, 0.15) is 17.2 Å². The number of anilines is 1. The Balaban J connectivity index is 2.14. The molecular formula is C12H12BrN3O. The number of nitrogens with zero attached hydrogens (tertiary/aromatic N) is 2. The van der Waals surface area contributed by atoms with Crippen molar-refractivity contribution >= 4 is 21.7 Å². The quantitative estimate of drug-likeness (QED) is 0.909. The highest BCUT2D eigenvalue weighted by Crippen LogP contribution is 2.20. The Bertz CT molecular complexity index is 519. The first kappa shape index (κ1) is 12.0. The molecule has 4 nitrogen and oxygen atoms in total. The minimum atomic E-state index is -0.596. The molecule has 0 bridgehead atoms. The lowest BCUT2D eigenvalue weighted by atomic mass is 10.0. The van der Waals surface area contributed by atoms with Crippen molar-refractivity contribution in [2.75, 3.05) is 5.73 Å². The second-order valence-electron chi connectivity index (χ2n) is 3.75. The lowest BCUT2D eigenvalue weighted by Crippen LogP contribution is -2.03. The molecule has 2 heterocycles. The van der Waals surface area contributed by atoms with E-state index in [0.717, 1.165) is 15.6 Å². The highest BCUT2D eigenvalue weighted by atomic mass is 79.9. The molecule has 1 atom stereocenters. The van der Waals surface area contributed by atoms with Gasteiger partial charge in [-0.05, 0) is 39.7 Å². The molecule has 2 aromatic rings. The van der Waals surface area contributed by atoms with E-state index in [-0.39, 0.29) is 0 Å². The Labute approximate surface area is 108 Å². The molecule has 1 unspecified atom stereocenters. The van der Waals surface area contributed by atoms with Gasteiger partial charge in [-0.3, -0.25) is 4.98 Å². The number of hydrogen-bond donors (Lipinski definition) is 2. The normalized spacial score (nSPS) is 12.4. The molecule has 0 aromatic carbocycles. The van der Waals surface area contributed by atoms with Crippen LogP contribution in [0.15, 0.2) is 41.3 Å². The molecule has 0 saturated carbocycles. The summed E-state index contributed by atoms with van der Waals surface area (Å²) in [6, 6.07) is 5.45. The summed E-state index contributed by atoms with van der Waals surface area (Å²) in [5.41, 5.74) is 7.31. The summed E-state index contributed by atoms with van der Waals surface area (Å²) in [7, 11) is 0. The monoisotopic (exact) mass is 293 g/mol. The van der Waals surface area contributed by atoms with Gasteiger partial charge in [-0.25, -0.2) is 4.98 Å². The second-order valence-corrected chi connectivity index (χ2v) is 4.66. The van der Waals surface area contributed by atoms with Crippen molar-refractivity contribution in [2.45, 2.75) is 12.5 Å². The van der Waals surface area contributed by atoms with Gasteiger partial charge in [0.15, 0.2) is 0 Å². The van der Waals surface area contributed by atoms with E-state index in [1.807, 2.05) is 12.1 Å². The van der Waals surface area contributed by atoms with Gasteiger partial charge in [0.25, 0.3) is 0 Å². The smallest absolute Gasteiger partial charge is 0.123 e. The third kappa shape index (κ3) is 3.25. The number of pyridine rings is 2. The molecule has 0 amide bonds. The second kappa shape index (κ2) is 5.25. The van der Waals surface area contributed by atoms with E-state index >= 15 is 0 Å². The van der Waals surface area contributed by atoms with Gasteiger partial charge in [0.1, 0.15) is 5.82 Å². The maximum absolute atomic E-state index is 10.1. The lowest BCUT2D eigenvalue weighted by molar-refractivity contribution is 0.178. The number of nitrogens with two attached hydrogens (primary N) is 1. The Kier molecular flexibility index (Phi) is 3.71. The van der Waals surface area contributed by atoms with Crippen LogP contribution in [0.25, 0.3) is 0 Å². The third-order valence-corrected chi connectivity index (χ3v) is 2.82. The highest BCUT2D eigenvalue weighted by Gasteiger charge is 2.09. The Morgan fingerprint density at radius 2 is 2.18 bits per heavy atom. The molecule has 88 valence electrons. The van der Waals surface area contributed by atoms with Crippen molar-refractivity contribution in [1.29, 1.82) is 0 Å². The first-order valence-corrected chi connectivity index (χ1v) is 5.93. The maximum Gasteiger partial charge on any atom is 0.123 e. The summed E-state index contributed by atoms with van der Waals surface area (Å²) in [5.74, 6) is 0.460. The van der Waals surface area contributed by atoms with Gasteiger partial charge in [0.05, 0.1) is 6.10 Å². The molecule has 2 aromatic heterocycles. The third-order valence-electron chi connectivity index (χ3n) is 2.39. The van der Waals surface area contributed by atoms with E-state index in [1.54, 1.807) is 24.7 Å². The van der Waals surface area contributed by atoms with Gasteiger partial charge in [-0.2, -0.15) is 0 Å². The number of aliphatic hydroxyl groups excluding tert-OH is 1. The van der Waals surface area contributed by atoms with Gasteiger partial charge in [-0.1, -0.05) is 0 Å². The van der Waals surface area contributed by atoms with Crippen LogP contribution in [0, 0.1) is 0 Å². The molecule has 0 aliphatic rings. The minimum Gasteiger partial charge on any atom is -0.388 e. The molecular weight excluding hydrogens is 282 g/mol. The van der Waals surface area contributed by atoms with Crippen LogP contribution in [0.3, 0.4) is 0 Å². The van der Waals surface area contributed by atoms with Gasteiger partial charge < -0.3 is 10.8 Å². The van der Waals surface area contributed by atoms with Crippen LogP contribution >= 0.6 is 15.9 Å².